The summed E-state index contributed by atoms with van der Waals surface area (Å²) in [6.45, 7) is 5.76. The number of hydrogen-bond acceptors (Lipinski definition) is 8. The van der Waals surface area contributed by atoms with Crippen molar-refractivity contribution in [3.63, 3.8) is 0 Å². The third-order valence-corrected chi connectivity index (χ3v) is 5.97. The van der Waals surface area contributed by atoms with E-state index in [0.717, 1.165) is 17.1 Å². The number of nitro benzene ring substituents is 1. The Morgan fingerprint density at radius 1 is 1.21 bits per heavy atom. The van der Waals surface area contributed by atoms with Gasteiger partial charge in [0.25, 0.3) is 11.6 Å². The fourth-order valence-corrected chi connectivity index (χ4v) is 3.77. The molecule has 3 aromatic rings. The molecule has 0 radical (unpaired) electrons. The Kier molecular flexibility index (Phi) is 7.78. The molecule has 1 heterocycles. The molecule has 0 bridgehead atoms. The lowest BCUT2D eigenvalue weighted by Gasteiger charge is -2.16. The predicted octanol–water partition coefficient (Wildman–Crippen LogP) is 3.84. The van der Waals surface area contributed by atoms with Gasteiger partial charge < -0.3 is 9.88 Å². The molecule has 0 saturated carbocycles. The standard InChI is InChI=1S/C22H25N7O3S/c1-14-7-5-6-8-19(14)23-16(3)21-26-27-22(28(21)4)33-13-20(30)25-24-15(2)17-9-11-18(12-10-17)29(31)32/h5-12,16,23H,13H2,1-4H3,(H,25,30)/t16-/m1/s1. The van der Waals surface area contributed by atoms with Crippen LogP contribution < -0.4 is 10.7 Å². The minimum Gasteiger partial charge on any atom is -0.375 e. The number of hydrogen-bond donors (Lipinski definition) is 2. The summed E-state index contributed by atoms with van der Waals surface area (Å²) in [6.07, 6.45) is 0. The second kappa shape index (κ2) is 10.7. The van der Waals surface area contributed by atoms with Crippen molar-refractivity contribution in [3.8, 4) is 0 Å². The average molecular weight is 468 g/mol. The summed E-state index contributed by atoms with van der Waals surface area (Å²) in [5, 5.41) is 27.4. The van der Waals surface area contributed by atoms with Gasteiger partial charge in [-0.2, -0.15) is 5.10 Å². The molecule has 0 aliphatic rings. The number of anilines is 1. The number of carbonyl (C=O) groups excluding carboxylic acids is 1. The van der Waals surface area contributed by atoms with Gasteiger partial charge in [0, 0.05) is 24.9 Å². The second-order valence-corrected chi connectivity index (χ2v) is 8.35. The van der Waals surface area contributed by atoms with Crippen LogP contribution in [0.1, 0.15) is 36.8 Å². The van der Waals surface area contributed by atoms with E-state index >= 15 is 0 Å². The molecular weight excluding hydrogens is 442 g/mol. The van der Waals surface area contributed by atoms with Crippen molar-refractivity contribution in [2.45, 2.75) is 32.0 Å². The predicted molar refractivity (Wildman–Crippen MR) is 128 cm³/mol. The first-order chi connectivity index (χ1) is 15.8. The Labute approximate surface area is 195 Å². The Morgan fingerprint density at radius 3 is 2.58 bits per heavy atom. The van der Waals surface area contributed by atoms with Crippen molar-refractivity contribution in [1.82, 2.24) is 20.2 Å². The third-order valence-electron chi connectivity index (χ3n) is 4.95. The molecule has 0 spiro atoms. The SMILES string of the molecule is CC(=NNC(=O)CSc1nnc([C@@H](C)Nc2ccccc2C)n1C)c1ccc([N+](=O)[O-])cc1. The number of hydrazone groups is 1. The summed E-state index contributed by atoms with van der Waals surface area (Å²) >= 11 is 1.26. The highest BCUT2D eigenvalue weighted by Crippen LogP contribution is 2.23. The van der Waals surface area contributed by atoms with Crippen molar-refractivity contribution < 1.29 is 9.72 Å². The van der Waals surface area contributed by atoms with E-state index in [4.69, 9.17) is 0 Å². The summed E-state index contributed by atoms with van der Waals surface area (Å²) in [6, 6.07) is 13.9. The maximum atomic E-state index is 12.2. The highest BCUT2D eigenvalue weighted by molar-refractivity contribution is 7.99. The molecule has 2 aromatic carbocycles. The zero-order chi connectivity index (χ0) is 24.0. The number of amides is 1. The number of thioether (sulfide) groups is 1. The first-order valence-electron chi connectivity index (χ1n) is 10.2. The molecule has 1 amide bonds. The summed E-state index contributed by atoms with van der Waals surface area (Å²) in [5.41, 5.74) is 5.90. The van der Waals surface area contributed by atoms with Crippen molar-refractivity contribution >= 4 is 34.8 Å². The monoisotopic (exact) mass is 467 g/mol. The topological polar surface area (TPSA) is 127 Å². The number of rotatable bonds is 9. The van der Waals surface area contributed by atoms with E-state index in [0.29, 0.717) is 16.4 Å². The van der Waals surface area contributed by atoms with E-state index in [2.05, 4.69) is 26.0 Å². The van der Waals surface area contributed by atoms with E-state index in [9.17, 15) is 14.9 Å². The maximum Gasteiger partial charge on any atom is 0.269 e. The number of nitrogens with zero attached hydrogens (tertiary/aromatic N) is 5. The van der Waals surface area contributed by atoms with Crippen LogP contribution in [0, 0.1) is 17.0 Å². The van der Waals surface area contributed by atoms with Crippen molar-refractivity contribution in [2.24, 2.45) is 12.1 Å². The van der Waals surface area contributed by atoms with Crippen LogP contribution in [-0.4, -0.2) is 37.1 Å². The van der Waals surface area contributed by atoms with E-state index in [1.54, 1.807) is 19.1 Å². The lowest BCUT2D eigenvalue weighted by Crippen LogP contribution is -2.21. The molecule has 3 rings (SSSR count). The number of aryl methyl sites for hydroxylation is 1. The first-order valence-corrected chi connectivity index (χ1v) is 11.2. The van der Waals surface area contributed by atoms with Crippen LogP contribution in [-0.2, 0) is 11.8 Å². The third kappa shape index (κ3) is 6.16. The molecule has 0 unspecified atom stereocenters. The zero-order valence-electron chi connectivity index (χ0n) is 18.8. The van der Waals surface area contributed by atoms with Gasteiger partial charge in [0.05, 0.1) is 22.4 Å². The highest BCUT2D eigenvalue weighted by Gasteiger charge is 2.17. The van der Waals surface area contributed by atoms with Gasteiger partial charge in [0.2, 0.25) is 0 Å². The van der Waals surface area contributed by atoms with Crippen LogP contribution in [0.3, 0.4) is 0 Å². The Bertz CT molecular complexity index is 1170. The van der Waals surface area contributed by atoms with E-state index < -0.39 is 4.92 Å². The number of non-ortho nitro benzene ring substituents is 1. The second-order valence-electron chi connectivity index (χ2n) is 7.41. The Morgan fingerprint density at radius 2 is 1.91 bits per heavy atom. The first kappa shape index (κ1) is 23.9. The van der Waals surface area contributed by atoms with Gasteiger partial charge in [-0.05, 0) is 50.1 Å². The molecule has 0 aliphatic carbocycles. The molecule has 11 heteroatoms. The van der Waals surface area contributed by atoms with Crippen molar-refractivity contribution in [1.29, 1.82) is 0 Å². The van der Waals surface area contributed by atoms with Crippen LogP contribution >= 0.6 is 11.8 Å². The van der Waals surface area contributed by atoms with Gasteiger partial charge >= 0.3 is 0 Å². The molecule has 0 saturated heterocycles. The summed E-state index contributed by atoms with van der Waals surface area (Å²) < 4.78 is 1.86. The number of nitro groups is 1. The van der Waals surface area contributed by atoms with Crippen LogP contribution in [0.2, 0.25) is 0 Å². The molecule has 1 aromatic heterocycles. The summed E-state index contributed by atoms with van der Waals surface area (Å²) in [4.78, 5) is 22.5. The normalized spacial score (nSPS) is 12.3. The lowest BCUT2D eigenvalue weighted by atomic mass is 10.1. The number of carbonyl (C=O) groups is 1. The number of para-hydroxylation sites is 1. The van der Waals surface area contributed by atoms with Crippen LogP contribution in [0.5, 0.6) is 0 Å². The molecule has 2 N–H and O–H groups in total. The smallest absolute Gasteiger partial charge is 0.269 e. The minimum atomic E-state index is -0.466. The van der Waals surface area contributed by atoms with E-state index in [1.165, 1.54) is 23.9 Å². The van der Waals surface area contributed by atoms with Crippen LogP contribution in [0.4, 0.5) is 11.4 Å². The molecular formula is C22H25N7O3S. The largest absolute Gasteiger partial charge is 0.375 e. The molecule has 172 valence electrons. The van der Waals surface area contributed by atoms with Gasteiger partial charge in [-0.3, -0.25) is 14.9 Å². The van der Waals surface area contributed by atoms with E-state index in [-0.39, 0.29) is 23.4 Å². The van der Waals surface area contributed by atoms with Gasteiger partial charge in [-0.1, -0.05) is 30.0 Å². The van der Waals surface area contributed by atoms with Crippen LogP contribution in [0.15, 0.2) is 58.8 Å². The summed E-state index contributed by atoms with van der Waals surface area (Å²) in [7, 11) is 1.86. The minimum absolute atomic E-state index is 0.00143. The number of benzene rings is 2. The highest BCUT2D eigenvalue weighted by atomic mass is 32.2. The van der Waals surface area contributed by atoms with Crippen molar-refractivity contribution in [2.75, 3.05) is 11.1 Å². The number of nitrogens with one attached hydrogen (secondary N) is 2. The van der Waals surface area contributed by atoms with Crippen molar-refractivity contribution in [3.05, 3.63) is 75.6 Å². The van der Waals surface area contributed by atoms with Gasteiger partial charge in [-0.15, -0.1) is 10.2 Å². The Hall–Kier alpha value is -3.73. The number of aromatic nitrogens is 3. The maximum absolute atomic E-state index is 12.2. The molecule has 33 heavy (non-hydrogen) atoms. The fourth-order valence-electron chi connectivity index (χ4n) is 3.06. The molecule has 10 nitrogen and oxygen atoms in total. The lowest BCUT2D eigenvalue weighted by molar-refractivity contribution is -0.384. The summed E-state index contributed by atoms with van der Waals surface area (Å²) in [5.74, 6) is 0.577. The molecule has 0 aliphatic heterocycles. The molecule has 0 fully saturated rings. The fraction of sp³-hybridized carbons (Fsp3) is 0.273. The quantitative estimate of drug-likeness (QED) is 0.212. The van der Waals surface area contributed by atoms with E-state index in [1.807, 2.05) is 49.7 Å². The van der Waals surface area contributed by atoms with Gasteiger partial charge in [0.1, 0.15) is 0 Å². The molecule has 1 atom stereocenters. The average Bonchev–Trinajstić information content (AvgIpc) is 3.18. The Balaban J connectivity index is 1.55. The van der Waals surface area contributed by atoms with Crippen LogP contribution in [0.25, 0.3) is 0 Å². The zero-order valence-corrected chi connectivity index (χ0v) is 19.6. The van der Waals surface area contributed by atoms with Gasteiger partial charge in [-0.25, -0.2) is 5.43 Å². The van der Waals surface area contributed by atoms with Gasteiger partial charge in [0.15, 0.2) is 11.0 Å².